The van der Waals surface area contributed by atoms with Crippen molar-refractivity contribution in [2.45, 2.75) is 13.5 Å². The Balaban J connectivity index is 1.70. The van der Waals surface area contributed by atoms with Crippen molar-refractivity contribution in [2.75, 3.05) is 40.3 Å². The highest BCUT2D eigenvalue weighted by Crippen LogP contribution is 2.42. The number of halogens is 1. The summed E-state index contributed by atoms with van der Waals surface area (Å²) in [7, 11) is 3.70. The predicted octanol–water partition coefficient (Wildman–Crippen LogP) is 3.84. The van der Waals surface area contributed by atoms with E-state index in [1.807, 2.05) is 25.1 Å². The van der Waals surface area contributed by atoms with Gasteiger partial charge in [-0.25, -0.2) is 0 Å². The number of likely N-dealkylation sites (N-methyl/N-ethyl adjacent to an activating group) is 1. The number of aryl methyl sites for hydroxylation is 1. The zero-order valence-corrected chi connectivity index (χ0v) is 19.0. The van der Waals surface area contributed by atoms with Crippen LogP contribution in [0.5, 0.6) is 17.2 Å². The molecule has 1 N–H and O–H groups in total. The molecule has 0 aromatic heterocycles. The first-order valence-electron chi connectivity index (χ1n) is 9.91. The number of phenolic OH excluding ortho intramolecular Hbond substituents is 1. The van der Waals surface area contributed by atoms with Crippen LogP contribution in [0.1, 0.15) is 27.0 Å². The van der Waals surface area contributed by atoms with Crippen molar-refractivity contribution in [1.29, 1.82) is 0 Å². The molecule has 0 amide bonds. The van der Waals surface area contributed by atoms with E-state index in [9.17, 15) is 9.90 Å². The highest BCUT2D eigenvalue weighted by atomic mass is 79.9. The lowest BCUT2D eigenvalue weighted by Crippen LogP contribution is -2.43. The zero-order chi connectivity index (χ0) is 21.4. The fourth-order valence-corrected chi connectivity index (χ4v) is 4.30. The smallest absolute Gasteiger partial charge is 0.232 e. The normalized spacial score (nSPS) is 18.5. The van der Waals surface area contributed by atoms with Crippen LogP contribution in [0, 0.1) is 6.92 Å². The fourth-order valence-electron chi connectivity index (χ4n) is 3.92. The molecule has 158 valence electrons. The number of carbonyl (C=O) groups excluding carboxylic acids is 1. The summed E-state index contributed by atoms with van der Waals surface area (Å²) >= 11 is 3.46. The molecule has 0 aliphatic carbocycles. The number of ketones is 1. The summed E-state index contributed by atoms with van der Waals surface area (Å²) in [5.74, 6) is 1.34. The van der Waals surface area contributed by atoms with Crippen molar-refractivity contribution in [3.05, 3.63) is 56.8 Å². The summed E-state index contributed by atoms with van der Waals surface area (Å²) in [5, 5.41) is 10.6. The molecule has 7 heteroatoms. The molecule has 2 aromatic rings. The molecule has 1 fully saturated rings. The van der Waals surface area contributed by atoms with Gasteiger partial charge in [0.25, 0.3) is 0 Å². The third-order valence-corrected chi connectivity index (χ3v) is 6.17. The lowest BCUT2D eigenvalue weighted by Gasteiger charge is -2.32. The molecule has 1 saturated heterocycles. The highest BCUT2D eigenvalue weighted by molar-refractivity contribution is 9.10. The van der Waals surface area contributed by atoms with Crippen molar-refractivity contribution < 1.29 is 19.4 Å². The van der Waals surface area contributed by atoms with E-state index in [1.165, 1.54) is 0 Å². The molecular formula is C23H25BrN2O4. The number of rotatable bonds is 4. The van der Waals surface area contributed by atoms with Gasteiger partial charge in [0.05, 0.1) is 18.2 Å². The third kappa shape index (κ3) is 3.97. The van der Waals surface area contributed by atoms with Crippen LogP contribution in [0.15, 0.2) is 34.5 Å². The van der Waals surface area contributed by atoms with Gasteiger partial charge in [-0.1, -0.05) is 15.9 Å². The summed E-state index contributed by atoms with van der Waals surface area (Å²) in [6, 6.07) is 7.25. The number of allylic oxidation sites excluding steroid dienone is 1. The van der Waals surface area contributed by atoms with E-state index in [0.717, 1.165) is 36.2 Å². The monoisotopic (exact) mass is 472 g/mol. The molecule has 6 nitrogen and oxygen atoms in total. The number of hydrogen-bond donors (Lipinski definition) is 1. The van der Waals surface area contributed by atoms with E-state index in [0.29, 0.717) is 34.7 Å². The largest absolute Gasteiger partial charge is 0.507 e. The van der Waals surface area contributed by atoms with E-state index in [1.54, 1.807) is 19.3 Å². The first kappa shape index (κ1) is 20.9. The van der Waals surface area contributed by atoms with Gasteiger partial charge in [-0.3, -0.25) is 9.69 Å². The highest BCUT2D eigenvalue weighted by Gasteiger charge is 2.34. The molecular weight excluding hydrogens is 448 g/mol. The molecule has 0 unspecified atom stereocenters. The lowest BCUT2D eigenvalue weighted by atomic mass is 9.99. The van der Waals surface area contributed by atoms with Crippen LogP contribution in [-0.2, 0) is 6.54 Å². The van der Waals surface area contributed by atoms with Gasteiger partial charge < -0.3 is 19.5 Å². The molecule has 2 aliphatic rings. The maximum Gasteiger partial charge on any atom is 0.232 e. The molecule has 0 radical (unpaired) electrons. The lowest BCUT2D eigenvalue weighted by molar-refractivity contribution is 0.101. The van der Waals surface area contributed by atoms with Gasteiger partial charge in [0, 0.05) is 42.8 Å². The number of aromatic hydroxyl groups is 1. The van der Waals surface area contributed by atoms with Crippen LogP contribution in [0.2, 0.25) is 0 Å². The van der Waals surface area contributed by atoms with E-state index >= 15 is 0 Å². The van der Waals surface area contributed by atoms with Crippen LogP contribution in [0.3, 0.4) is 0 Å². The van der Waals surface area contributed by atoms with E-state index in [-0.39, 0.29) is 17.3 Å². The average molecular weight is 473 g/mol. The summed E-state index contributed by atoms with van der Waals surface area (Å²) in [6.45, 7) is 6.13. The molecule has 2 aliphatic heterocycles. The van der Waals surface area contributed by atoms with Gasteiger partial charge in [0.2, 0.25) is 5.78 Å². The number of nitrogens with zero attached hydrogens (tertiary/aromatic N) is 2. The topological polar surface area (TPSA) is 62.2 Å². The van der Waals surface area contributed by atoms with E-state index in [2.05, 4.69) is 32.8 Å². The zero-order valence-electron chi connectivity index (χ0n) is 17.4. The number of Topliss-reactive ketones (excluding diaryl/α,β-unsaturated/α-hetero) is 1. The number of fused-ring (bicyclic) bond motifs is 1. The Morgan fingerprint density at radius 2 is 1.97 bits per heavy atom. The Morgan fingerprint density at radius 1 is 1.23 bits per heavy atom. The van der Waals surface area contributed by atoms with Gasteiger partial charge in [0.1, 0.15) is 17.2 Å². The Morgan fingerprint density at radius 3 is 2.67 bits per heavy atom. The third-order valence-electron chi connectivity index (χ3n) is 5.68. The molecule has 2 aromatic carbocycles. The molecule has 0 spiro atoms. The van der Waals surface area contributed by atoms with Crippen LogP contribution < -0.4 is 9.47 Å². The second kappa shape index (κ2) is 8.41. The average Bonchev–Trinajstić information content (AvgIpc) is 3.03. The first-order chi connectivity index (χ1) is 14.4. The Bertz CT molecular complexity index is 1030. The Hall–Kier alpha value is -2.35. The predicted molar refractivity (Wildman–Crippen MR) is 119 cm³/mol. The minimum atomic E-state index is -0.177. The standard InChI is InChI=1S/C23H25BrN2O4/c1-14-10-18(27)17(13-26-8-6-25(2)7-9-26)23-21(14)22(28)20(30-23)12-15-11-16(24)4-5-19(15)29-3/h4-5,10-12,27H,6-9,13H2,1-3H3/b20-12-. The van der Waals surface area contributed by atoms with Crippen molar-refractivity contribution in [1.82, 2.24) is 9.80 Å². The Kier molecular flexibility index (Phi) is 5.86. The number of hydrogen-bond acceptors (Lipinski definition) is 6. The molecule has 4 rings (SSSR count). The number of phenols is 1. The second-order valence-electron chi connectivity index (χ2n) is 7.80. The molecule has 0 saturated carbocycles. The van der Waals surface area contributed by atoms with Gasteiger partial charge in [0.15, 0.2) is 5.76 Å². The fraction of sp³-hybridized carbons (Fsp3) is 0.348. The maximum absolute atomic E-state index is 13.2. The van der Waals surface area contributed by atoms with Crippen molar-refractivity contribution in [3.63, 3.8) is 0 Å². The van der Waals surface area contributed by atoms with Crippen LogP contribution in [-0.4, -0.2) is 61.0 Å². The van der Waals surface area contributed by atoms with Crippen molar-refractivity contribution in [3.8, 4) is 17.2 Å². The molecule has 0 atom stereocenters. The summed E-state index contributed by atoms with van der Waals surface area (Å²) in [5.41, 5.74) is 2.64. The Labute approximate surface area is 184 Å². The molecule has 2 heterocycles. The van der Waals surface area contributed by atoms with Crippen LogP contribution >= 0.6 is 15.9 Å². The summed E-state index contributed by atoms with van der Waals surface area (Å²) in [4.78, 5) is 17.7. The minimum absolute atomic E-state index is 0.166. The van der Waals surface area contributed by atoms with Crippen LogP contribution in [0.4, 0.5) is 0 Å². The quantitative estimate of drug-likeness (QED) is 0.682. The number of carbonyl (C=O) groups is 1. The van der Waals surface area contributed by atoms with Crippen molar-refractivity contribution >= 4 is 27.8 Å². The molecule has 30 heavy (non-hydrogen) atoms. The van der Waals surface area contributed by atoms with E-state index < -0.39 is 0 Å². The SMILES string of the molecule is COc1ccc(Br)cc1/C=C1\Oc2c(CN3CCN(C)CC3)c(O)cc(C)c2C1=O. The maximum atomic E-state index is 13.2. The number of benzene rings is 2. The number of methoxy groups -OCH3 is 1. The second-order valence-corrected chi connectivity index (χ2v) is 8.72. The summed E-state index contributed by atoms with van der Waals surface area (Å²) in [6.07, 6.45) is 1.70. The van der Waals surface area contributed by atoms with Gasteiger partial charge in [-0.05, 0) is 49.9 Å². The van der Waals surface area contributed by atoms with Gasteiger partial charge in [-0.2, -0.15) is 0 Å². The number of piperazine rings is 1. The van der Waals surface area contributed by atoms with E-state index in [4.69, 9.17) is 9.47 Å². The van der Waals surface area contributed by atoms with Crippen LogP contribution in [0.25, 0.3) is 6.08 Å². The first-order valence-corrected chi connectivity index (χ1v) is 10.7. The minimum Gasteiger partial charge on any atom is -0.507 e. The number of ether oxygens (including phenoxy) is 2. The van der Waals surface area contributed by atoms with Crippen molar-refractivity contribution in [2.24, 2.45) is 0 Å². The van der Waals surface area contributed by atoms with Gasteiger partial charge in [-0.15, -0.1) is 0 Å². The van der Waals surface area contributed by atoms with Gasteiger partial charge >= 0.3 is 0 Å². The summed E-state index contributed by atoms with van der Waals surface area (Å²) < 4.78 is 12.4. The molecule has 0 bridgehead atoms.